The van der Waals surface area contributed by atoms with E-state index in [1.54, 1.807) is 17.8 Å². The molecule has 0 bridgehead atoms. The molecule has 2 aliphatic heterocycles. The van der Waals surface area contributed by atoms with Gasteiger partial charge in [-0.1, -0.05) is 30.3 Å². The van der Waals surface area contributed by atoms with Crippen LogP contribution in [-0.4, -0.2) is 140 Å². The number of aliphatic hydroxyl groups is 1. The molecule has 2 N–H and O–H groups in total. The number of amides is 2. The van der Waals surface area contributed by atoms with Crippen molar-refractivity contribution in [3.05, 3.63) is 76.5 Å². The molecule has 1 atom stereocenters. The van der Waals surface area contributed by atoms with Gasteiger partial charge in [-0.2, -0.15) is 18.2 Å². The van der Waals surface area contributed by atoms with Gasteiger partial charge < -0.3 is 24.5 Å². The Morgan fingerprint density at radius 2 is 1.55 bits per heavy atom. The number of fused-ring (bicyclic) bond motifs is 2. The predicted octanol–water partition coefficient (Wildman–Crippen LogP) is 5.70. The number of piperidine rings is 1. The zero-order valence-corrected chi connectivity index (χ0v) is 37.3. The molecule has 3 fully saturated rings. The number of aromatic nitrogens is 5. The van der Waals surface area contributed by atoms with E-state index in [4.69, 9.17) is 9.47 Å². The number of nitrogens with one attached hydrogen (secondary N) is 1. The van der Waals surface area contributed by atoms with Crippen LogP contribution in [0.1, 0.15) is 74.6 Å². The van der Waals surface area contributed by atoms with Crippen molar-refractivity contribution in [2.24, 2.45) is 7.05 Å². The van der Waals surface area contributed by atoms with Crippen molar-refractivity contribution < 1.29 is 37.3 Å². The second-order valence-electron chi connectivity index (χ2n) is 17.7. The fourth-order valence-electron chi connectivity index (χ4n) is 9.39. The molecular weight excluding hydrogens is 844 g/mol. The van der Waals surface area contributed by atoms with Crippen LogP contribution in [0.15, 0.2) is 59.7 Å². The first kappa shape index (κ1) is 46.4. The number of imidazole rings is 1. The maximum absolute atomic E-state index is 13.2. The number of nitrogens with zero attached hydrogens (tertiary/aromatic N) is 8. The molecule has 0 spiro atoms. The lowest BCUT2D eigenvalue weighted by Gasteiger charge is -2.34. The SMILES string of the molecule is CN1C(=O)CC[C@H](n2c(=O)n(C)c3cc(CCCOCCOCCN4CCN(Cc5ccc(-c6cn(C7CCC(O)CC7)c7nc(NCCC(F)(F)F)ncc67)cc5)CC4)ccc32)C1=O. The van der Waals surface area contributed by atoms with Crippen LogP contribution in [0, 0.1) is 0 Å². The van der Waals surface area contributed by atoms with Crippen molar-refractivity contribution in [3.63, 3.8) is 0 Å². The molecule has 3 aromatic heterocycles. The number of rotatable bonds is 18. The first-order valence-corrected chi connectivity index (χ1v) is 22.9. The molecule has 5 heterocycles. The largest absolute Gasteiger partial charge is 0.393 e. The van der Waals surface area contributed by atoms with Gasteiger partial charge in [0, 0.05) is 102 Å². The third kappa shape index (κ3) is 11.1. The summed E-state index contributed by atoms with van der Waals surface area (Å²) in [5.41, 5.74) is 6.15. The predicted molar refractivity (Wildman–Crippen MR) is 241 cm³/mol. The first-order chi connectivity index (χ1) is 31.3. The van der Waals surface area contributed by atoms with Gasteiger partial charge in [-0.25, -0.2) is 9.78 Å². The molecule has 1 saturated carbocycles. The molecule has 15 nitrogen and oxygen atoms in total. The number of carbonyl (C=O) groups excluding carboxylic acids is 2. The summed E-state index contributed by atoms with van der Waals surface area (Å²) in [6, 6.07) is 13.9. The monoisotopic (exact) mass is 903 g/mol. The number of carbonyl (C=O) groups is 2. The van der Waals surface area contributed by atoms with Crippen LogP contribution in [0.5, 0.6) is 0 Å². The van der Waals surface area contributed by atoms with Gasteiger partial charge in [0.25, 0.3) is 5.91 Å². The molecular formula is C47H60F3N9O6. The summed E-state index contributed by atoms with van der Waals surface area (Å²) in [5.74, 6) is -0.406. The summed E-state index contributed by atoms with van der Waals surface area (Å²) in [4.78, 5) is 53.0. The van der Waals surface area contributed by atoms with Gasteiger partial charge in [0.2, 0.25) is 11.9 Å². The summed E-state index contributed by atoms with van der Waals surface area (Å²) in [5, 5.41) is 13.7. The van der Waals surface area contributed by atoms with E-state index in [9.17, 15) is 32.7 Å². The van der Waals surface area contributed by atoms with Crippen LogP contribution in [0.4, 0.5) is 19.1 Å². The minimum absolute atomic E-state index is 0.130. The highest BCUT2D eigenvalue weighted by Crippen LogP contribution is 2.37. The molecule has 0 radical (unpaired) electrons. The summed E-state index contributed by atoms with van der Waals surface area (Å²) >= 11 is 0. The lowest BCUT2D eigenvalue weighted by molar-refractivity contribution is -0.149. The summed E-state index contributed by atoms with van der Waals surface area (Å²) in [6.07, 6.45) is 3.35. The van der Waals surface area contributed by atoms with E-state index >= 15 is 0 Å². The Hall–Kier alpha value is -5.14. The van der Waals surface area contributed by atoms with Crippen LogP contribution < -0.4 is 11.0 Å². The lowest BCUT2D eigenvalue weighted by Crippen LogP contribution is -2.46. The smallest absolute Gasteiger partial charge is 0.390 e. The molecule has 3 aliphatic rings. The van der Waals surface area contributed by atoms with Crippen molar-refractivity contribution in [2.75, 3.05) is 78.1 Å². The number of alkyl halides is 3. The van der Waals surface area contributed by atoms with Crippen LogP contribution in [0.25, 0.3) is 33.2 Å². The van der Waals surface area contributed by atoms with Crippen LogP contribution >= 0.6 is 0 Å². The maximum Gasteiger partial charge on any atom is 0.390 e. The van der Waals surface area contributed by atoms with Gasteiger partial charge in [0.1, 0.15) is 11.7 Å². The van der Waals surface area contributed by atoms with E-state index in [1.165, 1.54) is 17.2 Å². The number of imide groups is 1. The highest BCUT2D eigenvalue weighted by atomic mass is 19.4. The number of hydrogen-bond donors (Lipinski definition) is 2. The lowest BCUT2D eigenvalue weighted by atomic mass is 9.93. The second-order valence-corrected chi connectivity index (χ2v) is 17.7. The zero-order valence-electron chi connectivity index (χ0n) is 37.3. The number of anilines is 1. The molecule has 2 amide bonds. The van der Waals surface area contributed by atoms with Crippen LogP contribution in [0.3, 0.4) is 0 Å². The van der Waals surface area contributed by atoms with E-state index < -0.39 is 18.6 Å². The molecule has 0 unspecified atom stereocenters. The number of benzene rings is 2. The highest BCUT2D eigenvalue weighted by molar-refractivity contribution is 6.00. The Balaban J connectivity index is 0.737. The van der Waals surface area contributed by atoms with Gasteiger partial charge in [-0.15, -0.1) is 0 Å². The van der Waals surface area contributed by atoms with E-state index in [2.05, 4.69) is 60.1 Å². The van der Waals surface area contributed by atoms with Crippen LogP contribution in [-0.2, 0) is 39.1 Å². The number of ether oxygens (including phenoxy) is 2. The van der Waals surface area contributed by atoms with Gasteiger partial charge in [0.15, 0.2) is 0 Å². The fourth-order valence-corrected chi connectivity index (χ4v) is 9.39. The number of hydrogen-bond acceptors (Lipinski definition) is 11. The Morgan fingerprint density at radius 1 is 0.846 bits per heavy atom. The minimum Gasteiger partial charge on any atom is -0.393 e. The fraction of sp³-hybridized carbons (Fsp3) is 0.553. The molecule has 8 rings (SSSR count). The number of aryl methyl sites for hydroxylation is 2. The van der Waals surface area contributed by atoms with E-state index in [1.807, 2.05) is 18.2 Å². The molecule has 5 aromatic rings. The molecule has 350 valence electrons. The summed E-state index contributed by atoms with van der Waals surface area (Å²) in [6.45, 7) is 7.53. The molecule has 18 heteroatoms. The van der Waals surface area contributed by atoms with Gasteiger partial charge in [-0.3, -0.25) is 33.4 Å². The third-order valence-corrected chi connectivity index (χ3v) is 13.2. The normalized spacial score (nSPS) is 20.4. The van der Waals surface area contributed by atoms with Crippen LogP contribution in [0.2, 0.25) is 0 Å². The Kier molecular flexibility index (Phi) is 14.7. The van der Waals surface area contributed by atoms with Gasteiger partial charge in [0.05, 0.1) is 43.4 Å². The van der Waals surface area contributed by atoms with Gasteiger partial charge >= 0.3 is 11.9 Å². The number of likely N-dealkylation sites (N-methyl/N-ethyl adjacent to an activating group) is 1. The zero-order chi connectivity index (χ0) is 45.7. The summed E-state index contributed by atoms with van der Waals surface area (Å²) < 4.78 is 55.3. The van der Waals surface area contributed by atoms with E-state index in [-0.39, 0.29) is 48.6 Å². The number of piperazine rings is 1. The first-order valence-electron chi connectivity index (χ1n) is 22.9. The molecule has 2 aromatic carbocycles. The average Bonchev–Trinajstić information content (AvgIpc) is 3.79. The number of aliphatic hydroxyl groups excluding tert-OH is 1. The molecule has 65 heavy (non-hydrogen) atoms. The average molecular weight is 904 g/mol. The quantitative estimate of drug-likeness (QED) is 0.0824. The molecule has 2 saturated heterocycles. The Labute approximate surface area is 376 Å². The van der Waals surface area contributed by atoms with Crippen molar-refractivity contribution >= 4 is 39.8 Å². The highest BCUT2D eigenvalue weighted by Gasteiger charge is 2.35. The van der Waals surface area contributed by atoms with Crippen molar-refractivity contribution in [1.29, 1.82) is 0 Å². The van der Waals surface area contributed by atoms with Crippen molar-refractivity contribution in [3.8, 4) is 11.1 Å². The minimum atomic E-state index is -4.27. The van der Waals surface area contributed by atoms with E-state index in [0.29, 0.717) is 56.9 Å². The second kappa shape index (κ2) is 20.6. The Bertz CT molecular complexity index is 2490. The maximum atomic E-state index is 13.2. The third-order valence-electron chi connectivity index (χ3n) is 13.2. The van der Waals surface area contributed by atoms with E-state index in [0.717, 1.165) is 97.4 Å². The standard InChI is InChI=1S/C47H60F3N9O6/c1-54-41-28-32(7-14-39(41)59(46(54)63)40-15-16-42(61)55(2)44(40)62)4-3-24-64-26-27-65-25-23-56-19-21-57(22-20-56)30-33-5-8-34(9-6-33)38-31-58(35-10-12-36(60)13-11-35)43-37(38)29-52-45(53-43)51-18-17-47(48,49)50/h5-9,14,28-29,31,35-36,40,60H,3-4,10-13,15-27,30H2,1-2H3,(H,51,52,53)/t35?,36?,40-/m0/s1. The van der Waals surface area contributed by atoms with Crippen molar-refractivity contribution in [2.45, 2.75) is 88.7 Å². The molecule has 1 aliphatic carbocycles. The van der Waals surface area contributed by atoms with Crippen molar-refractivity contribution in [1.82, 2.24) is 38.4 Å². The van der Waals surface area contributed by atoms with Gasteiger partial charge in [-0.05, 0) is 73.8 Å². The topological polar surface area (TPSA) is 152 Å². The summed E-state index contributed by atoms with van der Waals surface area (Å²) in [7, 11) is 3.18. The number of likely N-dealkylation sites (tertiary alicyclic amines) is 1. The Morgan fingerprint density at radius 3 is 2.29 bits per heavy atom. The number of halogens is 3.